The van der Waals surface area contributed by atoms with Crippen molar-refractivity contribution in [3.05, 3.63) is 23.2 Å². The summed E-state index contributed by atoms with van der Waals surface area (Å²) in [6, 6.07) is 5.92. The minimum Gasteiger partial charge on any atom is -0.397 e. The first-order valence-electron chi connectivity index (χ1n) is 6.19. The predicted molar refractivity (Wildman–Crippen MR) is 74.6 cm³/mol. The lowest BCUT2D eigenvalue weighted by Gasteiger charge is -2.22. The fourth-order valence-corrected chi connectivity index (χ4v) is 2.49. The maximum absolute atomic E-state index is 5.96. The second-order valence-electron chi connectivity index (χ2n) is 4.78. The van der Waals surface area contributed by atoms with Crippen LogP contribution in [0.25, 0.3) is 0 Å². The molecule has 1 unspecified atom stereocenters. The number of halogens is 1. The zero-order valence-corrected chi connectivity index (χ0v) is 11.0. The highest BCUT2D eigenvalue weighted by atomic mass is 35.5. The molecule has 0 radical (unpaired) electrons. The minimum atomic E-state index is 0.383. The van der Waals surface area contributed by atoms with Gasteiger partial charge in [0.15, 0.2) is 0 Å². The summed E-state index contributed by atoms with van der Waals surface area (Å²) in [5, 5.41) is 4.14. The topological polar surface area (TPSA) is 41.3 Å². The summed E-state index contributed by atoms with van der Waals surface area (Å²) in [4.78, 5) is 2.48. The van der Waals surface area contributed by atoms with Crippen molar-refractivity contribution in [3.8, 4) is 0 Å². The molecule has 3 N–H and O–H groups in total. The van der Waals surface area contributed by atoms with E-state index < -0.39 is 0 Å². The lowest BCUT2D eigenvalue weighted by atomic mass is 10.2. The molecule has 94 valence electrons. The van der Waals surface area contributed by atoms with Crippen LogP contribution in [0.1, 0.15) is 19.8 Å². The molecular formula is C13H20ClN3. The first kappa shape index (κ1) is 12.5. The van der Waals surface area contributed by atoms with Crippen LogP contribution in [-0.2, 0) is 0 Å². The third-order valence-corrected chi connectivity index (χ3v) is 3.38. The highest BCUT2D eigenvalue weighted by molar-refractivity contribution is 6.31. The molecule has 1 aromatic rings. The molecular weight excluding hydrogens is 234 g/mol. The zero-order chi connectivity index (χ0) is 12.3. The van der Waals surface area contributed by atoms with E-state index in [2.05, 4.69) is 17.1 Å². The van der Waals surface area contributed by atoms with Gasteiger partial charge in [-0.1, -0.05) is 11.6 Å². The van der Waals surface area contributed by atoms with Gasteiger partial charge in [-0.15, -0.1) is 0 Å². The number of nitrogens with two attached hydrogens (primary N) is 1. The molecule has 1 fully saturated rings. The Morgan fingerprint density at radius 3 is 2.82 bits per heavy atom. The van der Waals surface area contributed by atoms with Crippen LogP contribution in [0.15, 0.2) is 18.2 Å². The lowest BCUT2D eigenvalue weighted by molar-refractivity contribution is 0.328. The highest BCUT2D eigenvalue weighted by Crippen LogP contribution is 2.23. The molecule has 1 aliphatic rings. The molecule has 0 aromatic heterocycles. The molecule has 1 saturated heterocycles. The SMILES string of the molecule is CC(CN1CCCC1)Nc1cc(Cl)ccc1N. The van der Waals surface area contributed by atoms with Crippen LogP contribution >= 0.6 is 11.6 Å². The third-order valence-electron chi connectivity index (χ3n) is 3.15. The van der Waals surface area contributed by atoms with Gasteiger partial charge in [-0.2, -0.15) is 0 Å². The van der Waals surface area contributed by atoms with Crippen molar-refractivity contribution in [2.75, 3.05) is 30.7 Å². The number of rotatable bonds is 4. The van der Waals surface area contributed by atoms with Crippen molar-refractivity contribution in [2.45, 2.75) is 25.8 Å². The van der Waals surface area contributed by atoms with Crippen molar-refractivity contribution in [2.24, 2.45) is 0 Å². The van der Waals surface area contributed by atoms with E-state index in [0.29, 0.717) is 6.04 Å². The van der Waals surface area contributed by atoms with Gasteiger partial charge < -0.3 is 16.0 Å². The van der Waals surface area contributed by atoms with Gasteiger partial charge in [0.05, 0.1) is 11.4 Å². The monoisotopic (exact) mass is 253 g/mol. The Labute approximate surface area is 108 Å². The van der Waals surface area contributed by atoms with Gasteiger partial charge >= 0.3 is 0 Å². The summed E-state index contributed by atoms with van der Waals surface area (Å²) in [6.07, 6.45) is 2.65. The maximum atomic E-state index is 5.96. The van der Waals surface area contributed by atoms with E-state index in [1.807, 2.05) is 18.2 Å². The van der Waals surface area contributed by atoms with E-state index in [9.17, 15) is 0 Å². The molecule has 1 aliphatic heterocycles. The van der Waals surface area contributed by atoms with Crippen molar-refractivity contribution in [1.29, 1.82) is 0 Å². The molecule has 0 aliphatic carbocycles. The Balaban J connectivity index is 1.92. The van der Waals surface area contributed by atoms with E-state index >= 15 is 0 Å². The standard InChI is InChI=1S/C13H20ClN3/c1-10(9-17-6-2-3-7-17)16-13-8-11(14)4-5-12(13)15/h4-5,8,10,16H,2-3,6-7,9,15H2,1H3. The number of hydrogen-bond donors (Lipinski definition) is 2. The van der Waals surface area contributed by atoms with E-state index in [1.165, 1.54) is 25.9 Å². The van der Waals surface area contributed by atoms with Gasteiger partial charge in [-0.25, -0.2) is 0 Å². The molecule has 1 atom stereocenters. The van der Waals surface area contributed by atoms with E-state index in [1.54, 1.807) is 0 Å². The second kappa shape index (κ2) is 5.61. The predicted octanol–water partition coefficient (Wildman–Crippen LogP) is 2.82. The molecule has 2 rings (SSSR count). The molecule has 0 saturated carbocycles. The summed E-state index contributed by atoms with van der Waals surface area (Å²) in [5.74, 6) is 0. The van der Waals surface area contributed by atoms with E-state index in [-0.39, 0.29) is 0 Å². The summed E-state index contributed by atoms with van der Waals surface area (Å²) in [6.45, 7) is 5.68. The fourth-order valence-electron chi connectivity index (χ4n) is 2.32. The summed E-state index contributed by atoms with van der Waals surface area (Å²) in [5.41, 5.74) is 7.60. The first-order valence-corrected chi connectivity index (χ1v) is 6.57. The molecule has 0 spiro atoms. The van der Waals surface area contributed by atoms with Crippen molar-refractivity contribution >= 4 is 23.0 Å². The molecule has 1 heterocycles. The van der Waals surface area contributed by atoms with Crippen LogP contribution < -0.4 is 11.1 Å². The number of hydrogen-bond acceptors (Lipinski definition) is 3. The van der Waals surface area contributed by atoms with E-state index in [0.717, 1.165) is 22.9 Å². The van der Waals surface area contributed by atoms with Crippen LogP contribution in [0, 0.1) is 0 Å². The Morgan fingerprint density at radius 2 is 2.12 bits per heavy atom. The molecule has 0 bridgehead atoms. The summed E-state index contributed by atoms with van der Waals surface area (Å²) in [7, 11) is 0. The lowest BCUT2D eigenvalue weighted by Crippen LogP contribution is -2.33. The van der Waals surface area contributed by atoms with Crippen LogP contribution in [0.2, 0.25) is 5.02 Å². The van der Waals surface area contributed by atoms with Gasteiger partial charge in [0, 0.05) is 17.6 Å². The van der Waals surface area contributed by atoms with Gasteiger partial charge in [0.25, 0.3) is 0 Å². The molecule has 3 nitrogen and oxygen atoms in total. The highest BCUT2D eigenvalue weighted by Gasteiger charge is 2.14. The number of nitrogens with one attached hydrogen (secondary N) is 1. The quantitative estimate of drug-likeness (QED) is 0.811. The van der Waals surface area contributed by atoms with Gasteiger partial charge in [0.2, 0.25) is 0 Å². The molecule has 0 amide bonds. The first-order chi connectivity index (χ1) is 8.15. The van der Waals surface area contributed by atoms with E-state index in [4.69, 9.17) is 17.3 Å². The van der Waals surface area contributed by atoms with Crippen LogP contribution in [-0.4, -0.2) is 30.6 Å². The normalized spacial score (nSPS) is 18.2. The smallest absolute Gasteiger partial charge is 0.0591 e. The molecule has 17 heavy (non-hydrogen) atoms. The number of benzene rings is 1. The third kappa shape index (κ3) is 3.51. The van der Waals surface area contributed by atoms with Gasteiger partial charge in [-0.05, 0) is 51.1 Å². The molecule has 1 aromatic carbocycles. The number of likely N-dealkylation sites (tertiary alicyclic amines) is 1. The Bertz CT molecular complexity index is 375. The number of anilines is 2. The van der Waals surface area contributed by atoms with Gasteiger partial charge in [0.1, 0.15) is 0 Å². The van der Waals surface area contributed by atoms with Crippen molar-refractivity contribution < 1.29 is 0 Å². The Hall–Kier alpha value is -0.930. The summed E-state index contributed by atoms with van der Waals surface area (Å²) >= 11 is 5.96. The van der Waals surface area contributed by atoms with Gasteiger partial charge in [-0.3, -0.25) is 0 Å². The van der Waals surface area contributed by atoms with Crippen LogP contribution in [0.4, 0.5) is 11.4 Å². The van der Waals surface area contributed by atoms with Crippen molar-refractivity contribution in [1.82, 2.24) is 4.90 Å². The summed E-state index contributed by atoms with van der Waals surface area (Å²) < 4.78 is 0. The van der Waals surface area contributed by atoms with Crippen LogP contribution in [0.3, 0.4) is 0 Å². The Morgan fingerprint density at radius 1 is 1.41 bits per heavy atom. The molecule has 4 heteroatoms. The average Bonchev–Trinajstić information content (AvgIpc) is 2.76. The fraction of sp³-hybridized carbons (Fsp3) is 0.538. The zero-order valence-electron chi connectivity index (χ0n) is 10.2. The largest absolute Gasteiger partial charge is 0.397 e. The number of nitrogen functional groups attached to an aromatic ring is 1. The maximum Gasteiger partial charge on any atom is 0.0591 e. The van der Waals surface area contributed by atoms with Crippen molar-refractivity contribution in [3.63, 3.8) is 0 Å². The Kier molecular flexibility index (Phi) is 4.13. The van der Waals surface area contributed by atoms with Crippen LogP contribution in [0.5, 0.6) is 0 Å². The number of nitrogens with zero attached hydrogens (tertiary/aromatic N) is 1. The average molecular weight is 254 g/mol. The minimum absolute atomic E-state index is 0.383. The second-order valence-corrected chi connectivity index (χ2v) is 5.22.